The second kappa shape index (κ2) is 8.00. The van der Waals surface area contributed by atoms with E-state index in [9.17, 15) is 4.79 Å². The van der Waals surface area contributed by atoms with E-state index in [0.717, 1.165) is 25.2 Å². The zero-order valence-corrected chi connectivity index (χ0v) is 16.3. The molecule has 0 N–H and O–H groups in total. The third-order valence-corrected chi connectivity index (χ3v) is 5.76. The van der Waals surface area contributed by atoms with Gasteiger partial charge in [-0.2, -0.15) is 5.10 Å². The van der Waals surface area contributed by atoms with Crippen LogP contribution in [0.1, 0.15) is 34.9 Å². The number of morpholine rings is 1. The van der Waals surface area contributed by atoms with Crippen LogP contribution in [0.4, 0.5) is 0 Å². The van der Waals surface area contributed by atoms with Crippen molar-refractivity contribution in [3.63, 3.8) is 0 Å². The van der Waals surface area contributed by atoms with E-state index in [2.05, 4.69) is 22.1 Å². The number of hydrogen-bond acceptors (Lipinski definition) is 4. The molecule has 2 aromatic rings. The van der Waals surface area contributed by atoms with Gasteiger partial charge in [-0.15, -0.1) is 0 Å². The topological polar surface area (TPSA) is 50.6 Å². The minimum absolute atomic E-state index is 0.0600. The molecule has 2 atom stereocenters. The van der Waals surface area contributed by atoms with Gasteiger partial charge < -0.3 is 14.5 Å². The van der Waals surface area contributed by atoms with E-state index in [1.807, 2.05) is 23.1 Å². The van der Waals surface area contributed by atoms with Gasteiger partial charge in [0.15, 0.2) is 0 Å². The van der Waals surface area contributed by atoms with Crippen LogP contribution >= 0.6 is 11.6 Å². The Kier molecular flexibility index (Phi) is 5.48. The number of rotatable bonds is 4. The van der Waals surface area contributed by atoms with Crippen molar-refractivity contribution in [1.82, 2.24) is 19.6 Å². The normalized spacial score (nSPS) is 23.7. The first-order chi connectivity index (χ1) is 13.1. The number of halogens is 1. The van der Waals surface area contributed by atoms with E-state index in [4.69, 9.17) is 16.3 Å². The summed E-state index contributed by atoms with van der Waals surface area (Å²) in [5, 5.41) is 4.52. The van der Waals surface area contributed by atoms with Crippen LogP contribution in [0, 0.1) is 0 Å². The molecule has 144 valence electrons. The lowest BCUT2D eigenvalue weighted by molar-refractivity contribution is -0.0709. The Hall–Kier alpha value is -1.89. The third-order valence-electron chi connectivity index (χ3n) is 5.49. The SMILES string of the molecule is Cn1ncc(Cl)c1C(=O)N1CCO[C@@H](CN2CCCC2)[C@@H]1c1ccccc1. The van der Waals surface area contributed by atoms with Crippen molar-refractivity contribution in [3.8, 4) is 0 Å². The van der Waals surface area contributed by atoms with Crippen molar-refractivity contribution >= 4 is 17.5 Å². The summed E-state index contributed by atoms with van der Waals surface area (Å²) in [4.78, 5) is 17.7. The molecule has 1 aromatic carbocycles. The molecule has 2 aliphatic rings. The molecule has 7 heteroatoms. The van der Waals surface area contributed by atoms with E-state index in [-0.39, 0.29) is 18.1 Å². The lowest BCUT2D eigenvalue weighted by Crippen LogP contribution is -2.51. The van der Waals surface area contributed by atoms with Crippen LogP contribution in [-0.2, 0) is 11.8 Å². The largest absolute Gasteiger partial charge is 0.373 e. The van der Waals surface area contributed by atoms with Gasteiger partial charge in [-0.3, -0.25) is 9.48 Å². The van der Waals surface area contributed by atoms with Gasteiger partial charge in [0, 0.05) is 20.1 Å². The summed E-state index contributed by atoms with van der Waals surface area (Å²) in [6.45, 7) is 4.10. The highest BCUT2D eigenvalue weighted by Gasteiger charge is 2.39. The van der Waals surface area contributed by atoms with Gasteiger partial charge in [-0.05, 0) is 31.5 Å². The number of amides is 1. The van der Waals surface area contributed by atoms with Crippen molar-refractivity contribution in [2.75, 3.05) is 32.8 Å². The lowest BCUT2D eigenvalue weighted by atomic mass is 9.97. The molecule has 1 amide bonds. The third kappa shape index (κ3) is 3.74. The molecule has 0 radical (unpaired) electrons. The van der Waals surface area contributed by atoms with Crippen molar-refractivity contribution in [2.24, 2.45) is 7.05 Å². The average Bonchev–Trinajstić information content (AvgIpc) is 3.31. The molecule has 27 heavy (non-hydrogen) atoms. The van der Waals surface area contributed by atoms with Gasteiger partial charge in [0.2, 0.25) is 0 Å². The second-order valence-corrected chi connectivity index (χ2v) is 7.64. The molecule has 2 saturated heterocycles. The summed E-state index contributed by atoms with van der Waals surface area (Å²) in [5.74, 6) is -0.0939. The fourth-order valence-electron chi connectivity index (χ4n) is 4.17. The van der Waals surface area contributed by atoms with Gasteiger partial charge in [0.25, 0.3) is 5.91 Å². The predicted molar refractivity (Wildman–Crippen MR) is 104 cm³/mol. The monoisotopic (exact) mass is 388 g/mol. The van der Waals surface area contributed by atoms with Crippen LogP contribution in [0.2, 0.25) is 5.02 Å². The first kappa shape index (κ1) is 18.5. The highest BCUT2D eigenvalue weighted by molar-refractivity contribution is 6.33. The Balaban J connectivity index is 1.66. The van der Waals surface area contributed by atoms with Crippen molar-refractivity contribution in [2.45, 2.75) is 25.0 Å². The van der Waals surface area contributed by atoms with E-state index in [1.54, 1.807) is 11.7 Å². The zero-order valence-electron chi connectivity index (χ0n) is 15.6. The molecule has 0 spiro atoms. The number of hydrogen-bond donors (Lipinski definition) is 0. The van der Waals surface area contributed by atoms with Crippen LogP contribution in [0.5, 0.6) is 0 Å². The molecule has 2 aliphatic heterocycles. The van der Waals surface area contributed by atoms with Gasteiger partial charge in [-0.1, -0.05) is 41.9 Å². The molecule has 0 saturated carbocycles. The number of carbonyl (C=O) groups is 1. The number of aryl methyl sites for hydroxylation is 1. The van der Waals surface area contributed by atoms with Crippen molar-refractivity contribution in [1.29, 1.82) is 0 Å². The standard InChI is InChI=1S/C20H25ClN4O2/c1-23-19(16(21)13-22-23)20(26)25-11-12-27-17(14-24-9-5-6-10-24)18(25)15-7-3-2-4-8-15/h2-4,7-8,13,17-18H,5-6,9-12,14H2,1H3/t17-,18-/m0/s1. The van der Waals surface area contributed by atoms with Gasteiger partial charge in [0.05, 0.1) is 30.0 Å². The molecule has 4 rings (SSSR count). The fraction of sp³-hybridized carbons (Fsp3) is 0.500. The average molecular weight is 389 g/mol. The van der Waals surface area contributed by atoms with Crippen LogP contribution in [0.3, 0.4) is 0 Å². The predicted octanol–water partition coefficient (Wildman–Crippen LogP) is 2.75. The Morgan fingerprint density at radius 2 is 1.96 bits per heavy atom. The van der Waals surface area contributed by atoms with Crippen LogP contribution in [0.15, 0.2) is 36.5 Å². The molecular weight excluding hydrogens is 364 g/mol. The smallest absolute Gasteiger partial charge is 0.274 e. The number of ether oxygens (including phenoxy) is 1. The van der Waals surface area contributed by atoms with E-state index < -0.39 is 0 Å². The molecule has 6 nitrogen and oxygen atoms in total. The zero-order chi connectivity index (χ0) is 18.8. The van der Waals surface area contributed by atoms with Gasteiger partial charge in [-0.25, -0.2) is 0 Å². The minimum atomic E-state index is -0.140. The number of benzene rings is 1. The maximum atomic E-state index is 13.4. The number of aromatic nitrogens is 2. The summed E-state index contributed by atoms with van der Waals surface area (Å²) in [5.41, 5.74) is 1.52. The molecule has 0 aliphatic carbocycles. The molecule has 2 fully saturated rings. The Morgan fingerprint density at radius 1 is 1.22 bits per heavy atom. The Bertz CT molecular complexity index is 769. The van der Waals surface area contributed by atoms with E-state index in [0.29, 0.717) is 23.9 Å². The summed E-state index contributed by atoms with van der Waals surface area (Å²) in [6.07, 6.45) is 3.93. The van der Waals surface area contributed by atoms with Crippen molar-refractivity contribution < 1.29 is 9.53 Å². The van der Waals surface area contributed by atoms with Crippen LogP contribution in [-0.4, -0.2) is 64.4 Å². The lowest BCUT2D eigenvalue weighted by Gasteiger charge is -2.42. The molecule has 3 heterocycles. The summed E-state index contributed by atoms with van der Waals surface area (Å²) in [7, 11) is 1.75. The Labute approximate surface area is 164 Å². The highest BCUT2D eigenvalue weighted by atomic mass is 35.5. The summed E-state index contributed by atoms with van der Waals surface area (Å²) < 4.78 is 7.73. The van der Waals surface area contributed by atoms with Crippen LogP contribution in [0.25, 0.3) is 0 Å². The maximum absolute atomic E-state index is 13.4. The fourth-order valence-corrected chi connectivity index (χ4v) is 4.41. The second-order valence-electron chi connectivity index (χ2n) is 7.24. The van der Waals surface area contributed by atoms with E-state index in [1.165, 1.54) is 19.0 Å². The number of likely N-dealkylation sites (tertiary alicyclic amines) is 1. The van der Waals surface area contributed by atoms with Crippen LogP contribution < -0.4 is 0 Å². The minimum Gasteiger partial charge on any atom is -0.373 e. The highest BCUT2D eigenvalue weighted by Crippen LogP contribution is 2.33. The molecule has 0 unspecified atom stereocenters. The van der Waals surface area contributed by atoms with Gasteiger partial charge in [0.1, 0.15) is 5.69 Å². The number of nitrogens with zero attached hydrogens (tertiary/aromatic N) is 4. The van der Waals surface area contributed by atoms with Crippen molar-refractivity contribution in [3.05, 3.63) is 52.8 Å². The molecule has 0 bridgehead atoms. The van der Waals surface area contributed by atoms with E-state index >= 15 is 0 Å². The Morgan fingerprint density at radius 3 is 2.63 bits per heavy atom. The van der Waals surface area contributed by atoms with Gasteiger partial charge >= 0.3 is 0 Å². The molecular formula is C20H25ClN4O2. The first-order valence-electron chi connectivity index (χ1n) is 9.52. The maximum Gasteiger partial charge on any atom is 0.274 e. The number of carbonyl (C=O) groups excluding carboxylic acids is 1. The first-order valence-corrected chi connectivity index (χ1v) is 9.90. The molecule has 1 aromatic heterocycles. The summed E-state index contributed by atoms with van der Waals surface area (Å²) >= 11 is 6.26. The quantitative estimate of drug-likeness (QED) is 0.808. The summed E-state index contributed by atoms with van der Waals surface area (Å²) in [6, 6.07) is 10.0.